The van der Waals surface area contributed by atoms with Crippen molar-refractivity contribution in [2.45, 2.75) is 11.8 Å². The Morgan fingerprint density at radius 1 is 1.10 bits per heavy atom. The summed E-state index contributed by atoms with van der Waals surface area (Å²) in [4.78, 5) is 28.7. The fourth-order valence-corrected chi connectivity index (χ4v) is 4.53. The number of nitrogens with one attached hydrogen (secondary N) is 2. The van der Waals surface area contributed by atoms with E-state index in [4.69, 9.17) is 4.42 Å². The highest BCUT2D eigenvalue weighted by Gasteiger charge is 2.17. The number of benzene rings is 2. The highest BCUT2D eigenvalue weighted by molar-refractivity contribution is 7.93. The van der Waals surface area contributed by atoms with Gasteiger partial charge in [0.05, 0.1) is 10.3 Å². The van der Waals surface area contributed by atoms with Crippen LogP contribution in [0.2, 0.25) is 0 Å². The van der Waals surface area contributed by atoms with Gasteiger partial charge in [-0.1, -0.05) is 11.6 Å². The van der Waals surface area contributed by atoms with Gasteiger partial charge in [0.1, 0.15) is 5.58 Å². The van der Waals surface area contributed by atoms with E-state index < -0.39 is 15.9 Å². The zero-order valence-electron chi connectivity index (χ0n) is 15.6. The summed E-state index contributed by atoms with van der Waals surface area (Å²) < 4.78 is 32.6. The molecular formula is C20H15N3O5S2. The Morgan fingerprint density at radius 2 is 1.87 bits per heavy atom. The summed E-state index contributed by atoms with van der Waals surface area (Å²) in [6.45, 7) is 1.86. The number of aromatic nitrogens is 1. The monoisotopic (exact) mass is 441 g/mol. The van der Waals surface area contributed by atoms with Crippen LogP contribution in [0.15, 0.2) is 74.2 Å². The zero-order chi connectivity index (χ0) is 21.3. The number of aryl methyl sites for hydroxylation is 1. The maximum atomic E-state index is 12.5. The van der Waals surface area contributed by atoms with Gasteiger partial charge in [-0.3, -0.25) is 14.3 Å². The van der Waals surface area contributed by atoms with E-state index in [0.29, 0.717) is 16.7 Å². The standard InChI is InChI=1S/C20H15N3O5S2/c1-12-2-7-17-15(10-12)16(24)11-18(28-17)19(25)22-13-3-5-14(6-4-13)30(26,27)23-20-21-8-9-29-20/h2-11H,1H3,(H,21,23)(H,22,25). The van der Waals surface area contributed by atoms with Crippen molar-refractivity contribution in [2.75, 3.05) is 10.0 Å². The maximum absolute atomic E-state index is 12.5. The van der Waals surface area contributed by atoms with Gasteiger partial charge in [-0.25, -0.2) is 13.4 Å². The van der Waals surface area contributed by atoms with E-state index in [1.54, 1.807) is 23.6 Å². The Morgan fingerprint density at radius 3 is 2.57 bits per heavy atom. The van der Waals surface area contributed by atoms with Crippen LogP contribution in [0.4, 0.5) is 10.8 Å². The SMILES string of the molecule is Cc1ccc2oc(C(=O)Nc3ccc(S(=O)(=O)Nc4nccs4)cc3)cc(=O)c2c1. The Hall–Kier alpha value is -3.50. The van der Waals surface area contributed by atoms with Crippen molar-refractivity contribution in [1.29, 1.82) is 0 Å². The third-order valence-corrected chi connectivity index (χ3v) is 6.36. The lowest BCUT2D eigenvalue weighted by atomic mass is 10.1. The van der Waals surface area contributed by atoms with Crippen LogP contribution in [0.5, 0.6) is 0 Å². The minimum Gasteiger partial charge on any atom is -0.451 e. The molecular weight excluding hydrogens is 426 g/mol. The molecule has 0 saturated heterocycles. The molecule has 0 bridgehead atoms. The number of rotatable bonds is 5. The van der Waals surface area contributed by atoms with E-state index >= 15 is 0 Å². The topological polar surface area (TPSA) is 118 Å². The summed E-state index contributed by atoms with van der Waals surface area (Å²) in [6, 6.07) is 11.8. The lowest BCUT2D eigenvalue weighted by Gasteiger charge is -2.08. The van der Waals surface area contributed by atoms with Gasteiger partial charge in [-0.2, -0.15) is 0 Å². The van der Waals surface area contributed by atoms with Gasteiger partial charge in [0.2, 0.25) is 0 Å². The first-order valence-electron chi connectivity index (χ1n) is 8.70. The summed E-state index contributed by atoms with van der Waals surface area (Å²) in [7, 11) is -3.79. The van der Waals surface area contributed by atoms with Crippen molar-refractivity contribution < 1.29 is 17.6 Å². The van der Waals surface area contributed by atoms with E-state index in [-0.39, 0.29) is 21.2 Å². The van der Waals surface area contributed by atoms with Crippen molar-refractivity contribution in [2.24, 2.45) is 0 Å². The molecule has 8 nitrogen and oxygen atoms in total. The molecule has 0 saturated carbocycles. The number of carbonyl (C=O) groups is 1. The molecule has 2 N–H and O–H groups in total. The first-order valence-corrected chi connectivity index (χ1v) is 11.1. The van der Waals surface area contributed by atoms with Crippen molar-refractivity contribution >= 4 is 49.1 Å². The molecule has 4 aromatic rings. The smallest absolute Gasteiger partial charge is 0.291 e. The van der Waals surface area contributed by atoms with Crippen LogP contribution < -0.4 is 15.5 Å². The molecule has 2 heterocycles. The lowest BCUT2D eigenvalue weighted by molar-refractivity contribution is 0.0997. The fourth-order valence-electron chi connectivity index (χ4n) is 2.74. The Bertz CT molecular complexity index is 1390. The number of fused-ring (bicyclic) bond motifs is 1. The number of carbonyl (C=O) groups excluding carboxylic acids is 1. The second-order valence-corrected chi connectivity index (χ2v) is 8.97. The molecule has 152 valence electrons. The Labute approximate surface area is 175 Å². The molecule has 0 fully saturated rings. The second kappa shape index (κ2) is 7.73. The van der Waals surface area contributed by atoms with Crippen LogP contribution in [-0.2, 0) is 10.0 Å². The van der Waals surface area contributed by atoms with Crippen LogP contribution >= 0.6 is 11.3 Å². The van der Waals surface area contributed by atoms with Crippen LogP contribution in [0.3, 0.4) is 0 Å². The van der Waals surface area contributed by atoms with E-state index in [2.05, 4.69) is 15.0 Å². The summed E-state index contributed by atoms with van der Waals surface area (Å²) in [5.74, 6) is -0.760. The first kappa shape index (κ1) is 19.8. The van der Waals surface area contributed by atoms with E-state index in [1.165, 1.54) is 30.5 Å². The zero-order valence-corrected chi connectivity index (χ0v) is 17.2. The number of hydrogen-bond acceptors (Lipinski definition) is 7. The molecule has 30 heavy (non-hydrogen) atoms. The van der Waals surface area contributed by atoms with Crippen LogP contribution in [0, 0.1) is 6.92 Å². The van der Waals surface area contributed by atoms with Gasteiger partial charge in [0.25, 0.3) is 15.9 Å². The molecule has 0 aliphatic carbocycles. The van der Waals surface area contributed by atoms with Crippen molar-refractivity contribution in [3.05, 3.63) is 81.7 Å². The molecule has 0 spiro atoms. The second-order valence-electron chi connectivity index (χ2n) is 6.40. The van der Waals surface area contributed by atoms with Crippen LogP contribution in [0.1, 0.15) is 16.1 Å². The lowest BCUT2D eigenvalue weighted by Crippen LogP contribution is -2.15. The summed E-state index contributed by atoms with van der Waals surface area (Å²) in [6.07, 6.45) is 1.49. The van der Waals surface area contributed by atoms with E-state index in [9.17, 15) is 18.0 Å². The predicted molar refractivity (Wildman–Crippen MR) is 115 cm³/mol. The number of hydrogen-bond donors (Lipinski definition) is 2. The van der Waals surface area contributed by atoms with Gasteiger partial charge < -0.3 is 9.73 Å². The van der Waals surface area contributed by atoms with Crippen molar-refractivity contribution in [1.82, 2.24) is 4.98 Å². The average molecular weight is 441 g/mol. The predicted octanol–water partition coefficient (Wildman–Crippen LogP) is 3.61. The van der Waals surface area contributed by atoms with Crippen molar-refractivity contribution in [3.63, 3.8) is 0 Å². The third-order valence-electron chi connectivity index (χ3n) is 4.18. The minimum atomic E-state index is -3.79. The molecule has 2 aromatic heterocycles. The van der Waals surface area contributed by atoms with Crippen LogP contribution in [-0.4, -0.2) is 19.3 Å². The molecule has 1 amide bonds. The Balaban J connectivity index is 1.53. The number of sulfonamides is 1. The number of amides is 1. The molecule has 10 heteroatoms. The summed E-state index contributed by atoms with van der Waals surface area (Å²) >= 11 is 1.16. The third kappa shape index (κ3) is 4.09. The molecule has 0 aliphatic heterocycles. The molecule has 0 aliphatic rings. The quantitative estimate of drug-likeness (QED) is 0.488. The van der Waals surface area contributed by atoms with Gasteiger partial charge >= 0.3 is 0 Å². The van der Waals surface area contributed by atoms with Gasteiger partial charge in [0, 0.05) is 23.3 Å². The number of thiazole rings is 1. The largest absolute Gasteiger partial charge is 0.451 e. The fraction of sp³-hybridized carbons (Fsp3) is 0.0500. The normalized spacial score (nSPS) is 11.4. The van der Waals surface area contributed by atoms with Gasteiger partial charge in [-0.15, -0.1) is 11.3 Å². The van der Waals surface area contributed by atoms with Gasteiger partial charge in [0.15, 0.2) is 16.3 Å². The van der Waals surface area contributed by atoms with Crippen molar-refractivity contribution in [3.8, 4) is 0 Å². The molecule has 2 aromatic carbocycles. The van der Waals surface area contributed by atoms with E-state index in [1.807, 2.05) is 6.92 Å². The van der Waals surface area contributed by atoms with E-state index in [0.717, 1.165) is 23.0 Å². The Kier molecular flexibility index (Phi) is 5.10. The highest BCUT2D eigenvalue weighted by Crippen LogP contribution is 2.20. The average Bonchev–Trinajstić information content (AvgIpc) is 3.21. The summed E-state index contributed by atoms with van der Waals surface area (Å²) in [5.41, 5.74) is 1.25. The molecule has 0 atom stereocenters. The minimum absolute atomic E-state index is 0.0169. The van der Waals surface area contributed by atoms with Crippen LogP contribution in [0.25, 0.3) is 11.0 Å². The number of nitrogens with zero attached hydrogens (tertiary/aromatic N) is 1. The summed E-state index contributed by atoms with van der Waals surface area (Å²) in [5, 5.41) is 4.90. The number of anilines is 2. The molecule has 4 rings (SSSR count). The highest BCUT2D eigenvalue weighted by atomic mass is 32.2. The first-order chi connectivity index (χ1) is 14.3. The molecule has 0 radical (unpaired) electrons. The van der Waals surface area contributed by atoms with Gasteiger partial charge in [-0.05, 0) is 43.3 Å². The maximum Gasteiger partial charge on any atom is 0.291 e. The molecule has 0 unspecified atom stereocenters.